The fraction of sp³-hybridized carbons (Fsp3) is 0.360. The minimum Gasteiger partial charge on any atom is -0.493 e. The van der Waals surface area contributed by atoms with Gasteiger partial charge in [-0.2, -0.15) is 0 Å². The van der Waals surface area contributed by atoms with Crippen LogP contribution in [0.1, 0.15) is 50.8 Å². The van der Waals surface area contributed by atoms with Gasteiger partial charge in [-0.3, -0.25) is 0 Å². The molecule has 7 nitrogen and oxygen atoms in total. The maximum absolute atomic E-state index is 12.9. The highest BCUT2D eigenvalue weighted by atomic mass is 16.5. The Morgan fingerprint density at radius 3 is 2.50 bits per heavy atom. The number of esters is 1. The van der Waals surface area contributed by atoms with Gasteiger partial charge in [0.05, 0.1) is 24.8 Å². The van der Waals surface area contributed by atoms with Crippen LogP contribution in [0.3, 0.4) is 0 Å². The van der Waals surface area contributed by atoms with E-state index in [0.717, 1.165) is 12.0 Å². The van der Waals surface area contributed by atoms with Crippen molar-refractivity contribution in [2.75, 3.05) is 7.11 Å². The minimum atomic E-state index is -0.659. The number of rotatable bonds is 9. The zero-order valence-electron chi connectivity index (χ0n) is 18.9. The first-order chi connectivity index (χ1) is 15.4. The molecule has 0 aliphatic carbocycles. The van der Waals surface area contributed by atoms with Crippen molar-refractivity contribution in [1.82, 2.24) is 10.6 Å². The second kappa shape index (κ2) is 10.7. The lowest BCUT2D eigenvalue weighted by Gasteiger charge is -2.30. The predicted molar refractivity (Wildman–Crippen MR) is 121 cm³/mol. The van der Waals surface area contributed by atoms with Gasteiger partial charge in [0.2, 0.25) is 0 Å². The quantitative estimate of drug-likeness (QED) is 0.558. The van der Waals surface area contributed by atoms with Gasteiger partial charge in [0, 0.05) is 5.70 Å². The Kier molecular flexibility index (Phi) is 7.76. The van der Waals surface area contributed by atoms with Crippen LogP contribution >= 0.6 is 0 Å². The Labute approximate surface area is 188 Å². The molecule has 0 saturated carbocycles. The lowest BCUT2D eigenvalue weighted by molar-refractivity contribution is -0.143. The molecule has 0 saturated heterocycles. The van der Waals surface area contributed by atoms with Crippen molar-refractivity contribution in [2.24, 2.45) is 0 Å². The van der Waals surface area contributed by atoms with Gasteiger partial charge in [-0.05, 0) is 43.5 Å². The third kappa shape index (κ3) is 5.60. The average Bonchev–Trinajstić information content (AvgIpc) is 2.77. The largest absolute Gasteiger partial charge is 0.493 e. The summed E-state index contributed by atoms with van der Waals surface area (Å²) in [4.78, 5) is 25.3. The van der Waals surface area contributed by atoms with Crippen molar-refractivity contribution >= 4 is 12.0 Å². The summed E-state index contributed by atoms with van der Waals surface area (Å²) in [5, 5.41) is 5.62. The molecule has 2 N–H and O–H groups in total. The Bertz CT molecular complexity index is 985. The van der Waals surface area contributed by atoms with E-state index < -0.39 is 12.0 Å². The highest BCUT2D eigenvalue weighted by Gasteiger charge is 2.34. The van der Waals surface area contributed by atoms with Crippen molar-refractivity contribution in [3.05, 3.63) is 70.9 Å². The summed E-state index contributed by atoms with van der Waals surface area (Å²) >= 11 is 0. The van der Waals surface area contributed by atoms with E-state index in [1.165, 1.54) is 0 Å². The molecule has 1 unspecified atom stereocenters. The molecule has 0 spiro atoms. The number of benzene rings is 2. The van der Waals surface area contributed by atoms with Gasteiger partial charge in [-0.15, -0.1) is 0 Å². The molecule has 170 valence electrons. The Balaban J connectivity index is 1.93. The predicted octanol–water partition coefficient (Wildman–Crippen LogP) is 4.63. The second-order valence-corrected chi connectivity index (χ2v) is 7.81. The van der Waals surface area contributed by atoms with Gasteiger partial charge in [-0.1, -0.05) is 49.7 Å². The van der Waals surface area contributed by atoms with Gasteiger partial charge in [0.25, 0.3) is 0 Å². The Hall–Kier alpha value is -3.48. The van der Waals surface area contributed by atoms with Gasteiger partial charge >= 0.3 is 12.0 Å². The van der Waals surface area contributed by atoms with E-state index >= 15 is 0 Å². The standard InChI is InChI=1S/C25H30N2O5/c1-5-9-19-22(24(28)32-16(2)3)23(27-25(29)26-19)18-12-13-20(21(14-18)30-4)31-15-17-10-7-6-8-11-17/h6-8,10-14,16,23H,5,9,15H2,1-4H3,(H2,26,27,29). The van der Waals surface area contributed by atoms with Crippen molar-refractivity contribution in [1.29, 1.82) is 0 Å². The topological polar surface area (TPSA) is 85.9 Å². The molecule has 1 heterocycles. The average molecular weight is 439 g/mol. The summed E-state index contributed by atoms with van der Waals surface area (Å²) < 4.78 is 17.0. The Morgan fingerprint density at radius 1 is 1.09 bits per heavy atom. The third-order valence-corrected chi connectivity index (χ3v) is 4.97. The van der Waals surface area contributed by atoms with E-state index in [4.69, 9.17) is 14.2 Å². The summed E-state index contributed by atoms with van der Waals surface area (Å²) in [6, 6.07) is 14.2. The van der Waals surface area contributed by atoms with Crippen molar-refractivity contribution in [3.8, 4) is 11.5 Å². The molecule has 2 amide bonds. The molecule has 0 radical (unpaired) electrons. The summed E-state index contributed by atoms with van der Waals surface area (Å²) in [5.41, 5.74) is 2.72. The number of allylic oxidation sites excluding steroid dienone is 1. The molecule has 0 bridgehead atoms. The smallest absolute Gasteiger partial charge is 0.338 e. The minimum absolute atomic E-state index is 0.278. The zero-order chi connectivity index (χ0) is 23.1. The normalized spacial score (nSPS) is 15.8. The van der Waals surface area contributed by atoms with Crippen LogP contribution in [-0.2, 0) is 16.1 Å². The molecule has 32 heavy (non-hydrogen) atoms. The van der Waals surface area contributed by atoms with Crippen LogP contribution < -0.4 is 20.1 Å². The third-order valence-electron chi connectivity index (χ3n) is 4.97. The molecule has 1 atom stereocenters. The monoisotopic (exact) mass is 438 g/mol. The van der Waals surface area contributed by atoms with Crippen LogP contribution in [-0.4, -0.2) is 25.2 Å². The number of nitrogens with one attached hydrogen (secondary N) is 2. The maximum Gasteiger partial charge on any atom is 0.338 e. The molecule has 2 aromatic carbocycles. The van der Waals surface area contributed by atoms with Crippen LogP contribution in [0.4, 0.5) is 4.79 Å². The molecule has 3 rings (SSSR count). The molecule has 1 aliphatic rings. The fourth-order valence-corrected chi connectivity index (χ4v) is 3.55. The molecule has 0 fully saturated rings. The highest BCUT2D eigenvalue weighted by Crippen LogP contribution is 2.35. The molecule has 0 aromatic heterocycles. The van der Waals surface area contributed by atoms with Crippen LogP contribution in [0.25, 0.3) is 0 Å². The summed E-state index contributed by atoms with van der Waals surface area (Å²) in [6.07, 6.45) is 1.05. The number of amides is 2. The summed E-state index contributed by atoms with van der Waals surface area (Å²) in [5.74, 6) is 0.633. The van der Waals surface area contributed by atoms with Crippen molar-refractivity contribution in [2.45, 2.75) is 52.4 Å². The molecule has 7 heteroatoms. The number of hydrogen-bond donors (Lipinski definition) is 2. The van der Waals surface area contributed by atoms with Gasteiger partial charge in [0.15, 0.2) is 11.5 Å². The number of methoxy groups -OCH3 is 1. The van der Waals surface area contributed by atoms with E-state index in [-0.39, 0.29) is 12.1 Å². The Morgan fingerprint density at radius 2 is 1.84 bits per heavy atom. The molecule has 2 aromatic rings. The van der Waals surface area contributed by atoms with Crippen molar-refractivity contribution in [3.63, 3.8) is 0 Å². The van der Waals surface area contributed by atoms with Crippen LogP contribution in [0.5, 0.6) is 11.5 Å². The first-order valence-electron chi connectivity index (χ1n) is 10.8. The van der Waals surface area contributed by atoms with Crippen LogP contribution in [0.15, 0.2) is 59.8 Å². The molecular formula is C25H30N2O5. The van der Waals surface area contributed by atoms with E-state index in [1.807, 2.05) is 43.3 Å². The lowest BCUT2D eigenvalue weighted by Crippen LogP contribution is -2.46. The van der Waals surface area contributed by atoms with E-state index in [0.29, 0.717) is 41.4 Å². The highest BCUT2D eigenvalue weighted by molar-refractivity contribution is 5.95. The van der Waals surface area contributed by atoms with Crippen molar-refractivity contribution < 1.29 is 23.8 Å². The lowest BCUT2D eigenvalue weighted by atomic mass is 9.93. The SMILES string of the molecule is CCCC1=C(C(=O)OC(C)C)C(c2ccc(OCc3ccccc3)c(OC)c2)NC(=O)N1. The number of carbonyl (C=O) groups is 2. The second-order valence-electron chi connectivity index (χ2n) is 7.81. The maximum atomic E-state index is 12.9. The van der Waals surface area contributed by atoms with Crippen LogP contribution in [0, 0.1) is 0 Å². The van der Waals surface area contributed by atoms with E-state index in [1.54, 1.807) is 33.1 Å². The van der Waals surface area contributed by atoms with E-state index in [9.17, 15) is 9.59 Å². The summed E-state index contributed by atoms with van der Waals surface area (Å²) in [6.45, 7) is 5.98. The first-order valence-corrected chi connectivity index (χ1v) is 10.8. The summed E-state index contributed by atoms with van der Waals surface area (Å²) in [7, 11) is 1.56. The number of ether oxygens (including phenoxy) is 3. The van der Waals surface area contributed by atoms with Gasteiger partial charge in [0.1, 0.15) is 6.61 Å². The van der Waals surface area contributed by atoms with E-state index in [2.05, 4.69) is 10.6 Å². The molecule has 1 aliphatic heterocycles. The molecular weight excluding hydrogens is 408 g/mol. The number of urea groups is 1. The van der Waals surface area contributed by atoms with Gasteiger partial charge < -0.3 is 24.8 Å². The zero-order valence-corrected chi connectivity index (χ0v) is 18.9. The van der Waals surface area contributed by atoms with Crippen LogP contribution in [0.2, 0.25) is 0 Å². The number of hydrogen-bond acceptors (Lipinski definition) is 5. The first kappa shape index (κ1) is 23.2. The van der Waals surface area contributed by atoms with Gasteiger partial charge in [-0.25, -0.2) is 9.59 Å². The fourth-order valence-electron chi connectivity index (χ4n) is 3.55. The number of carbonyl (C=O) groups excluding carboxylic acids is 2.